The number of likely N-dealkylation sites (tertiary alicyclic amines) is 1. The van der Waals surface area contributed by atoms with Gasteiger partial charge in [-0.15, -0.1) is 0 Å². The molecule has 246 valence electrons. The number of aryl methyl sites for hydroxylation is 1. The lowest BCUT2D eigenvalue weighted by Crippen LogP contribution is -2.49. The minimum absolute atomic E-state index is 0.0236. The smallest absolute Gasteiger partial charge is 0.329 e. The highest BCUT2D eigenvalue weighted by Gasteiger charge is 2.53. The van der Waals surface area contributed by atoms with Crippen LogP contribution >= 0.6 is 0 Å². The van der Waals surface area contributed by atoms with Crippen LogP contribution in [0.5, 0.6) is 5.88 Å². The molecule has 12 nitrogen and oxygen atoms in total. The first-order valence-corrected chi connectivity index (χ1v) is 17.3. The van der Waals surface area contributed by atoms with Gasteiger partial charge in [-0.1, -0.05) is 0 Å². The molecule has 0 radical (unpaired) electrons. The normalized spacial score (nSPS) is 22.9. The second kappa shape index (κ2) is 11.2. The van der Waals surface area contributed by atoms with Gasteiger partial charge >= 0.3 is 6.55 Å². The van der Waals surface area contributed by atoms with Gasteiger partial charge < -0.3 is 24.7 Å². The molecular formula is C31H37F2N7O5S. The third-order valence-corrected chi connectivity index (χ3v) is 10.6. The second-order valence-electron chi connectivity index (χ2n) is 12.5. The van der Waals surface area contributed by atoms with Crippen molar-refractivity contribution in [2.75, 3.05) is 30.8 Å². The van der Waals surface area contributed by atoms with Crippen molar-refractivity contribution in [3.05, 3.63) is 41.6 Å². The van der Waals surface area contributed by atoms with Gasteiger partial charge in [-0.3, -0.25) is 9.20 Å². The van der Waals surface area contributed by atoms with Gasteiger partial charge in [0, 0.05) is 42.8 Å². The summed E-state index contributed by atoms with van der Waals surface area (Å²) in [4.78, 5) is 25.1. The highest BCUT2D eigenvalue weighted by atomic mass is 32.2. The molecule has 5 heterocycles. The maximum absolute atomic E-state index is 13.9. The van der Waals surface area contributed by atoms with Gasteiger partial charge in [-0.25, -0.2) is 18.4 Å². The number of halogens is 2. The highest BCUT2D eigenvalue weighted by Crippen LogP contribution is 2.41. The number of aromatic nitrogens is 4. The van der Waals surface area contributed by atoms with Crippen LogP contribution in [-0.4, -0.2) is 89.4 Å². The third-order valence-electron chi connectivity index (χ3n) is 9.53. The van der Waals surface area contributed by atoms with E-state index in [0.29, 0.717) is 65.1 Å². The van der Waals surface area contributed by atoms with Gasteiger partial charge in [0.15, 0.2) is 5.88 Å². The Hall–Kier alpha value is -3.82. The number of anilines is 1. The number of carbonyl (C=O) groups is 1. The number of ether oxygens (including phenoxy) is 2. The van der Waals surface area contributed by atoms with Crippen molar-refractivity contribution < 1.29 is 31.5 Å². The van der Waals surface area contributed by atoms with Crippen LogP contribution in [0.25, 0.3) is 28.1 Å². The minimum atomic E-state index is -4.28. The number of imidazole rings is 1. The average Bonchev–Trinajstić information content (AvgIpc) is 3.44. The number of hydrogen-bond acceptors (Lipinski definition) is 8. The summed E-state index contributed by atoms with van der Waals surface area (Å²) < 4.78 is 67.6. The second-order valence-corrected chi connectivity index (χ2v) is 14.4. The summed E-state index contributed by atoms with van der Waals surface area (Å²) >= 11 is 0. The van der Waals surface area contributed by atoms with Crippen molar-refractivity contribution in [1.82, 2.24) is 23.8 Å². The maximum Gasteiger partial charge on any atom is 0.329 e. The summed E-state index contributed by atoms with van der Waals surface area (Å²) in [5, 5.41) is 0.658. The van der Waals surface area contributed by atoms with Crippen molar-refractivity contribution >= 4 is 38.4 Å². The minimum Gasteiger partial charge on any atom is -0.482 e. The predicted molar refractivity (Wildman–Crippen MR) is 168 cm³/mol. The number of amides is 1. The fourth-order valence-electron chi connectivity index (χ4n) is 7.25. The van der Waals surface area contributed by atoms with Crippen LogP contribution in [0.3, 0.4) is 0 Å². The van der Waals surface area contributed by atoms with Crippen LogP contribution in [0.15, 0.2) is 30.3 Å². The standard InChI is InChI=1S/C31H37F2N7O5S/c1-5-45-22-11-20-15-38(28(22)26(20)34)30(41)19-12-24-35-27(16(2)39(24)25(13-19)44-3)21-10-18-8-9-23(40(31(32)33)46(4,42)43)36-29(18)37(21)14-17-6-7-17/h8-10,12-13,17,20,22,26,28,31H,5-7,11,14-15,34H2,1-4H3/t20-,22?,26-,28-/m1/s1. The van der Waals surface area contributed by atoms with E-state index in [0.717, 1.165) is 31.2 Å². The van der Waals surface area contributed by atoms with Gasteiger partial charge in [0.05, 0.1) is 36.9 Å². The Morgan fingerprint density at radius 2 is 1.96 bits per heavy atom. The van der Waals surface area contributed by atoms with Crippen LogP contribution in [0, 0.1) is 18.8 Å². The molecule has 7 rings (SSSR count). The topological polar surface area (TPSA) is 137 Å². The molecule has 2 N–H and O–H groups in total. The summed E-state index contributed by atoms with van der Waals surface area (Å²) in [7, 11) is -2.74. The van der Waals surface area contributed by atoms with Crippen molar-refractivity contribution in [1.29, 1.82) is 0 Å². The summed E-state index contributed by atoms with van der Waals surface area (Å²) in [6.45, 7) is 2.23. The van der Waals surface area contributed by atoms with Crippen molar-refractivity contribution in [2.24, 2.45) is 17.6 Å². The zero-order chi connectivity index (χ0) is 32.7. The highest BCUT2D eigenvalue weighted by molar-refractivity contribution is 7.92. The van der Waals surface area contributed by atoms with Gasteiger partial charge in [0.25, 0.3) is 5.91 Å². The number of methoxy groups -OCH3 is 1. The van der Waals surface area contributed by atoms with E-state index in [1.165, 1.54) is 13.2 Å². The summed E-state index contributed by atoms with van der Waals surface area (Å²) in [6, 6.07) is 7.87. The largest absolute Gasteiger partial charge is 0.482 e. The lowest BCUT2D eigenvalue weighted by atomic mass is 10.1. The first-order chi connectivity index (χ1) is 21.9. The Morgan fingerprint density at radius 3 is 2.59 bits per heavy atom. The van der Waals surface area contributed by atoms with E-state index in [9.17, 15) is 22.0 Å². The SMILES string of the molecule is CCOC1C[C@@H]2CN(C(=O)c3cc(OC)n4c(C)c(-c5cc6ccc(N(C(F)F)S(C)(=O)=O)nc6n5CC5CC5)nc4c3)[C@H]1[C@@H]2N. The van der Waals surface area contributed by atoms with E-state index in [1.807, 2.05) is 33.8 Å². The molecule has 1 unspecified atom stereocenters. The Kier molecular flexibility index (Phi) is 7.48. The lowest BCUT2D eigenvalue weighted by Gasteiger charge is -2.33. The molecule has 1 amide bonds. The number of pyridine rings is 2. The van der Waals surface area contributed by atoms with Gasteiger partial charge in [0.2, 0.25) is 10.0 Å². The molecule has 4 aromatic rings. The Bertz CT molecular complexity index is 1960. The number of fused-ring (bicyclic) bond motifs is 4. The molecule has 2 bridgehead atoms. The zero-order valence-electron chi connectivity index (χ0n) is 26.1. The number of nitrogens with zero attached hydrogens (tertiary/aromatic N) is 6. The van der Waals surface area contributed by atoms with Gasteiger partial charge in [-0.2, -0.15) is 13.1 Å². The lowest BCUT2D eigenvalue weighted by molar-refractivity contribution is -0.00238. The number of piperidine rings is 1. The van der Waals surface area contributed by atoms with Crippen LogP contribution < -0.4 is 14.8 Å². The van der Waals surface area contributed by atoms with Crippen LogP contribution in [0.4, 0.5) is 14.6 Å². The number of carbonyl (C=O) groups excluding carboxylic acids is 1. The molecule has 1 aliphatic heterocycles. The Balaban J connectivity index is 1.32. The predicted octanol–water partition coefficient (Wildman–Crippen LogP) is 3.64. The first kappa shape index (κ1) is 30.8. The van der Waals surface area contributed by atoms with Gasteiger partial charge in [-0.05, 0) is 69.2 Å². The average molecular weight is 658 g/mol. The molecular weight excluding hydrogens is 620 g/mol. The van der Waals surface area contributed by atoms with E-state index in [-0.39, 0.29) is 40.1 Å². The van der Waals surface area contributed by atoms with Crippen LogP contribution in [-0.2, 0) is 21.3 Å². The summed E-state index contributed by atoms with van der Waals surface area (Å²) in [5.74, 6) is 0.469. The number of sulfonamides is 1. The number of hydrogen-bond donors (Lipinski definition) is 1. The maximum atomic E-state index is 13.9. The fraction of sp³-hybridized carbons (Fsp3) is 0.516. The molecule has 3 fully saturated rings. The molecule has 2 aliphatic carbocycles. The van der Waals surface area contributed by atoms with Crippen LogP contribution in [0.1, 0.15) is 42.2 Å². The van der Waals surface area contributed by atoms with E-state index in [2.05, 4.69) is 4.98 Å². The molecule has 4 aromatic heterocycles. The van der Waals surface area contributed by atoms with Crippen LogP contribution in [0.2, 0.25) is 0 Å². The van der Waals surface area contributed by atoms with E-state index >= 15 is 0 Å². The van der Waals surface area contributed by atoms with E-state index in [1.54, 1.807) is 18.2 Å². The molecule has 0 aromatic carbocycles. The zero-order valence-corrected chi connectivity index (χ0v) is 26.9. The number of rotatable bonds is 10. The molecule has 0 spiro atoms. The number of alkyl halides is 2. The van der Waals surface area contributed by atoms with Crippen molar-refractivity contribution in [3.63, 3.8) is 0 Å². The molecule has 2 saturated carbocycles. The Labute approximate surface area is 265 Å². The fourth-order valence-corrected chi connectivity index (χ4v) is 7.98. The molecule has 3 aliphatic rings. The van der Waals surface area contributed by atoms with E-state index < -0.39 is 16.6 Å². The van der Waals surface area contributed by atoms with E-state index in [4.69, 9.17) is 20.2 Å². The third kappa shape index (κ3) is 4.99. The van der Waals surface area contributed by atoms with Crippen molar-refractivity contribution in [3.8, 4) is 17.3 Å². The molecule has 1 saturated heterocycles. The van der Waals surface area contributed by atoms with Gasteiger partial charge in [0.1, 0.15) is 22.8 Å². The quantitative estimate of drug-likeness (QED) is 0.255. The first-order valence-electron chi connectivity index (χ1n) is 15.4. The van der Waals surface area contributed by atoms with Crippen molar-refractivity contribution in [2.45, 2.75) is 64.4 Å². The monoisotopic (exact) mass is 657 g/mol. The summed E-state index contributed by atoms with van der Waals surface area (Å²) in [5.41, 5.74) is 9.87. The number of nitrogens with two attached hydrogens (primary N) is 1. The molecule has 46 heavy (non-hydrogen) atoms. The molecule has 15 heteroatoms. The molecule has 4 atom stereocenters. The Morgan fingerprint density at radius 1 is 1.20 bits per heavy atom. The summed E-state index contributed by atoms with van der Waals surface area (Å²) in [6.07, 6.45) is 3.50.